The first-order chi connectivity index (χ1) is 4.84. The van der Waals surface area contributed by atoms with E-state index < -0.39 is 12.8 Å². The van der Waals surface area contributed by atoms with Gasteiger partial charge in [-0.2, -0.15) is 0 Å². The maximum atomic E-state index is 12.8. The fourth-order valence-corrected chi connectivity index (χ4v) is 1.24. The SMILES string of the molecule is FCC1CCNCCC1F. The average molecular weight is 149 g/mol. The zero-order valence-corrected chi connectivity index (χ0v) is 5.95. The van der Waals surface area contributed by atoms with Crippen LogP contribution in [0.4, 0.5) is 8.78 Å². The van der Waals surface area contributed by atoms with Crippen LogP contribution in [0, 0.1) is 5.92 Å². The van der Waals surface area contributed by atoms with Crippen molar-refractivity contribution >= 4 is 0 Å². The van der Waals surface area contributed by atoms with E-state index in [1.54, 1.807) is 0 Å². The molecule has 1 saturated heterocycles. The van der Waals surface area contributed by atoms with Gasteiger partial charge in [-0.25, -0.2) is 4.39 Å². The summed E-state index contributed by atoms with van der Waals surface area (Å²) in [7, 11) is 0. The molecule has 1 rings (SSSR count). The Kier molecular flexibility index (Phi) is 3.06. The topological polar surface area (TPSA) is 12.0 Å². The molecule has 0 aromatic rings. The molecular weight excluding hydrogens is 136 g/mol. The van der Waals surface area contributed by atoms with E-state index in [9.17, 15) is 8.78 Å². The molecule has 0 spiro atoms. The molecule has 0 aromatic heterocycles. The lowest BCUT2D eigenvalue weighted by Gasteiger charge is -2.12. The second-order valence-corrected chi connectivity index (χ2v) is 2.76. The molecule has 0 radical (unpaired) electrons. The minimum atomic E-state index is -0.931. The Morgan fingerprint density at radius 1 is 1.30 bits per heavy atom. The summed E-state index contributed by atoms with van der Waals surface area (Å²) >= 11 is 0. The molecule has 0 aliphatic carbocycles. The van der Waals surface area contributed by atoms with Crippen LogP contribution in [-0.2, 0) is 0 Å². The Hall–Kier alpha value is -0.180. The molecule has 1 aliphatic heterocycles. The van der Waals surface area contributed by atoms with Crippen molar-refractivity contribution in [2.24, 2.45) is 5.92 Å². The first-order valence-electron chi connectivity index (χ1n) is 3.75. The van der Waals surface area contributed by atoms with Gasteiger partial charge in [-0.1, -0.05) is 0 Å². The van der Waals surface area contributed by atoms with Crippen LogP contribution in [-0.4, -0.2) is 25.9 Å². The van der Waals surface area contributed by atoms with Crippen LogP contribution < -0.4 is 5.32 Å². The van der Waals surface area contributed by atoms with E-state index in [2.05, 4.69) is 5.32 Å². The molecule has 1 nitrogen and oxygen atoms in total. The van der Waals surface area contributed by atoms with Crippen molar-refractivity contribution in [2.45, 2.75) is 19.0 Å². The first-order valence-corrected chi connectivity index (χ1v) is 3.75. The predicted molar refractivity (Wildman–Crippen MR) is 36.5 cm³/mol. The lowest BCUT2D eigenvalue weighted by molar-refractivity contribution is 0.185. The van der Waals surface area contributed by atoms with E-state index in [0.717, 1.165) is 6.54 Å². The molecule has 0 saturated carbocycles. The number of rotatable bonds is 1. The van der Waals surface area contributed by atoms with Crippen LogP contribution in [0.5, 0.6) is 0 Å². The van der Waals surface area contributed by atoms with E-state index in [1.165, 1.54) is 0 Å². The highest BCUT2D eigenvalue weighted by molar-refractivity contribution is 4.74. The van der Waals surface area contributed by atoms with E-state index in [-0.39, 0.29) is 5.92 Å². The third kappa shape index (κ3) is 1.90. The van der Waals surface area contributed by atoms with Gasteiger partial charge in [-0.05, 0) is 25.9 Å². The third-order valence-corrected chi connectivity index (χ3v) is 2.00. The Morgan fingerprint density at radius 2 is 2.00 bits per heavy atom. The highest BCUT2D eigenvalue weighted by Crippen LogP contribution is 2.17. The van der Waals surface area contributed by atoms with E-state index in [1.807, 2.05) is 0 Å². The van der Waals surface area contributed by atoms with Crippen molar-refractivity contribution in [3.05, 3.63) is 0 Å². The summed E-state index contributed by atoms with van der Waals surface area (Å²) in [6.45, 7) is 0.940. The van der Waals surface area contributed by atoms with Gasteiger partial charge in [0.1, 0.15) is 6.17 Å². The zero-order valence-electron chi connectivity index (χ0n) is 5.95. The zero-order chi connectivity index (χ0) is 7.40. The van der Waals surface area contributed by atoms with E-state index >= 15 is 0 Å². The van der Waals surface area contributed by atoms with Gasteiger partial charge < -0.3 is 5.32 Å². The third-order valence-electron chi connectivity index (χ3n) is 2.00. The van der Waals surface area contributed by atoms with Gasteiger partial charge in [0.15, 0.2) is 0 Å². The molecule has 3 heteroatoms. The van der Waals surface area contributed by atoms with E-state index in [0.29, 0.717) is 19.4 Å². The standard InChI is InChI=1S/C7H13F2N/c8-5-6-1-3-10-4-2-7(6)9/h6-7,10H,1-5H2. The molecule has 1 aliphatic rings. The number of nitrogens with one attached hydrogen (secondary N) is 1. The van der Waals surface area contributed by atoms with Crippen LogP contribution in [0.1, 0.15) is 12.8 Å². The van der Waals surface area contributed by atoms with Crippen LogP contribution >= 0.6 is 0 Å². The number of alkyl halides is 2. The number of halogens is 2. The molecule has 0 amide bonds. The number of hydrogen-bond acceptors (Lipinski definition) is 1. The maximum absolute atomic E-state index is 12.8. The molecule has 1 fully saturated rings. The van der Waals surface area contributed by atoms with Crippen molar-refractivity contribution in [1.29, 1.82) is 0 Å². The van der Waals surface area contributed by atoms with Crippen LogP contribution in [0.2, 0.25) is 0 Å². The van der Waals surface area contributed by atoms with Crippen molar-refractivity contribution in [3.8, 4) is 0 Å². The maximum Gasteiger partial charge on any atom is 0.107 e. The monoisotopic (exact) mass is 149 g/mol. The molecule has 1 heterocycles. The normalized spacial score (nSPS) is 35.4. The highest BCUT2D eigenvalue weighted by Gasteiger charge is 2.22. The summed E-state index contributed by atoms with van der Waals surface area (Å²) in [4.78, 5) is 0. The van der Waals surface area contributed by atoms with Crippen molar-refractivity contribution in [1.82, 2.24) is 5.32 Å². The van der Waals surface area contributed by atoms with Crippen molar-refractivity contribution < 1.29 is 8.78 Å². The van der Waals surface area contributed by atoms with Gasteiger partial charge in [0.05, 0.1) is 6.67 Å². The molecular formula is C7H13F2N. The quantitative estimate of drug-likeness (QED) is 0.592. The van der Waals surface area contributed by atoms with E-state index in [4.69, 9.17) is 0 Å². The minimum Gasteiger partial charge on any atom is -0.317 e. The van der Waals surface area contributed by atoms with Gasteiger partial charge in [0.2, 0.25) is 0 Å². The molecule has 0 aromatic carbocycles. The summed E-state index contributed by atoms with van der Waals surface area (Å²) in [6, 6.07) is 0. The Labute approximate surface area is 59.8 Å². The second kappa shape index (κ2) is 3.86. The van der Waals surface area contributed by atoms with Crippen LogP contribution in [0.3, 0.4) is 0 Å². The second-order valence-electron chi connectivity index (χ2n) is 2.76. The fourth-order valence-electron chi connectivity index (χ4n) is 1.24. The largest absolute Gasteiger partial charge is 0.317 e. The first kappa shape index (κ1) is 7.92. The number of hydrogen-bond donors (Lipinski definition) is 1. The lowest BCUT2D eigenvalue weighted by atomic mass is 10.0. The van der Waals surface area contributed by atoms with Crippen LogP contribution in [0.25, 0.3) is 0 Å². The smallest absolute Gasteiger partial charge is 0.107 e. The van der Waals surface area contributed by atoms with Crippen LogP contribution in [0.15, 0.2) is 0 Å². The average Bonchev–Trinajstić information content (AvgIpc) is 2.13. The van der Waals surface area contributed by atoms with Gasteiger partial charge in [-0.3, -0.25) is 4.39 Å². The van der Waals surface area contributed by atoms with Gasteiger partial charge >= 0.3 is 0 Å². The Bertz CT molecular complexity index is 97.6. The summed E-state index contributed by atoms with van der Waals surface area (Å²) in [5, 5.41) is 3.04. The highest BCUT2D eigenvalue weighted by atomic mass is 19.1. The lowest BCUT2D eigenvalue weighted by Crippen LogP contribution is -2.17. The summed E-state index contributed by atoms with van der Waals surface area (Å²) in [6.07, 6.45) is 0.173. The van der Waals surface area contributed by atoms with Gasteiger partial charge in [0, 0.05) is 5.92 Å². The molecule has 0 bridgehead atoms. The predicted octanol–water partition coefficient (Wildman–Crippen LogP) is 1.29. The molecule has 2 unspecified atom stereocenters. The Balaban J connectivity index is 2.35. The minimum absolute atomic E-state index is 0.352. The molecule has 1 N–H and O–H groups in total. The molecule has 10 heavy (non-hydrogen) atoms. The molecule has 60 valence electrons. The summed E-state index contributed by atoms with van der Waals surface area (Å²) in [5.74, 6) is -0.352. The summed E-state index contributed by atoms with van der Waals surface area (Å²) < 4.78 is 24.9. The van der Waals surface area contributed by atoms with Crippen molar-refractivity contribution in [2.75, 3.05) is 19.8 Å². The Morgan fingerprint density at radius 3 is 2.70 bits per heavy atom. The van der Waals surface area contributed by atoms with Gasteiger partial charge in [-0.15, -0.1) is 0 Å². The summed E-state index contributed by atoms with van der Waals surface area (Å²) in [5.41, 5.74) is 0. The van der Waals surface area contributed by atoms with Crippen molar-refractivity contribution in [3.63, 3.8) is 0 Å². The fraction of sp³-hybridized carbons (Fsp3) is 1.00. The van der Waals surface area contributed by atoms with Gasteiger partial charge in [0.25, 0.3) is 0 Å². The molecule has 2 atom stereocenters.